The molecule has 3 rings (SSSR count). The van der Waals surface area contributed by atoms with Gasteiger partial charge in [-0.15, -0.1) is 28.4 Å². The van der Waals surface area contributed by atoms with Gasteiger partial charge in [0.2, 0.25) is 0 Å². The van der Waals surface area contributed by atoms with Crippen LogP contribution in [0.2, 0.25) is 5.02 Å². The molecule has 26 heavy (non-hydrogen) atoms. The van der Waals surface area contributed by atoms with Crippen LogP contribution in [0.5, 0.6) is 0 Å². The Morgan fingerprint density at radius 1 is 1.31 bits per heavy atom. The van der Waals surface area contributed by atoms with E-state index in [4.69, 9.17) is 17.3 Å². The molecule has 0 aliphatic heterocycles. The molecular formula is C17H25ClF2N4S2. The number of rotatable bonds is 2. The molecule has 1 aliphatic carbocycles. The number of thiazole rings is 1. The van der Waals surface area contributed by atoms with E-state index in [1.807, 2.05) is 5.38 Å². The van der Waals surface area contributed by atoms with Gasteiger partial charge in [-0.25, -0.2) is 14.9 Å². The Morgan fingerprint density at radius 3 is 2.35 bits per heavy atom. The number of halogens is 3. The van der Waals surface area contributed by atoms with Gasteiger partial charge in [-0.1, -0.05) is 30.9 Å². The van der Waals surface area contributed by atoms with Crippen molar-refractivity contribution >= 4 is 46.4 Å². The van der Waals surface area contributed by atoms with Crippen molar-refractivity contribution in [2.45, 2.75) is 43.0 Å². The second-order valence-electron chi connectivity index (χ2n) is 6.00. The third-order valence-corrected chi connectivity index (χ3v) is 5.15. The topological polar surface area (TPSA) is 54.2 Å². The molecule has 0 spiro atoms. The first kappa shape index (κ1) is 23.0. The smallest absolute Gasteiger partial charge is 0.179 e. The zero-order chi connectivity index (χ0) is 19.5. The van der Waals surface area contributed by atoms with E-state index in [0.717, 1.165) is 12.1 Å². The highest BCUT2D eigenvalue weighted by atomic mass is 35.5. The molecule has 1 aliphatic rings. The molecule has 1 saturated carbocycles. The number of nitrogens with one attached hydrogen (secondary N) is 1. The highest BCUT2D eigenvalue weighted by Crippen LogP contribution is 2.27. The summed E-state index contributed by atoms with van der Waals surface area (Å²) >= 11 is 10.7. The Bertz CT molecular complexity index is 636. The quantitative estimate of drug-likeness (QED) is 0.431. The lowest BCUT2D eigenvalue weighted by molar-refractivity contribution is 0.229. The number of aromatic nitrogens is 1. The lowest BCUT2D eigenvalue weighted by Crippen LogP contribution is -2.29. The number of benzene rings is 1. The van der Waals surface area contributed by atoms with Gasteiger partial charge in [-0.05, 0) is 33.0 Å². The molecule has 0 radical (unpaired) electrons. The fraction of sp³-hybridized carbons (Fsp3) is 0.471. The Kier molecular flexibility index (Phi) is 10.9. The van der Waals surface area contributed by atoms with Crippen molar-refractivity contribution in [2.24, 2.45) is 0 Å². The molecule has 0 atom stereocenters. The lowest BCUT2D eigenvalue weighted by Gasteiger charge is -2.27. The molecule has 0 bridgehead atoms. The third-order valence-electron chi connectivity index (χ3n) is 3.89. The minimum atomic E-state index is -0.613. The summed E-state index contributed by atoms with van der Waals surface area (Å²) in [5.41, 5.74) is 6.35. The van der Waals surface area contributed by atoms with Crippen molar-refractivity contribution in [2.75, 3.05) is 25.4 Å². The van der Waals surface area contributed by atoms with Crippen molar-refractivity contribution in [1.29, 1.82) is 0 Å². The molecule has 0 unspecified atom stereocenters. The summed E-state index contributed by atoms with van der Waals surface area (Å²) in [4.78, 5) is 6.16. The van der Waals surface area contributed by atoms with E-state index in [1.54, 1.807) is 6.20 Å². The monoisotopic (exact) mass is 422 g/mol. The fourth-order valence-electron chi connectivity index (χ4n) is 2.44. The highest BCUT2D eigenvalue weighted by molar-refractivity contribution is 7.80. The highest BCUT2D eigenvalue weighted by Gasteiger charge is 2.13. The van der Waals surface area contributed by atoms with Crippen LogP contribution in [0.3, 0.4) is 0 Å². The Balaban J connectivity index is 0.000000203. The van der Waals surface area contributed by atoms with Gasteiger partial charge in [-0.2, -0.15) is 0 Å². The molecule has 1 heterocycles. The van der Waals surface area contributed by atoms with Crippen LogP contribution < -0.4 is 11.3 Å². The molecule has 3 N–H and O–H groups in total. The van der Waals surface area contributed by atoms with E-state index in [0.29, 0.717) is 5.13 Å². The van der Waals surface area contributed by atoms with Crippen LogP contribution in [0.25, 0.3) is 0 Å². The summed E-state index contributed by atoms with van der Waals surface area (Å²) in [7, 11) is 4.38. The van der Waals surface area contributed by atoms with Gasteiger partial charge in [0.1, 0.15) is 5.82 Å². The second kappa shape index (κ2) is 12.3. The zero-order valence-electron chi connectivity index (χ0n) is 14.9. The summed E-state index contributed by atoms with van der Waals surface area (Å²) in [6.45, 7) is 0. The van der Waals surface area contributed by atoms with E-state index in [1.165, 1.54) is 55.0 Å². The van der Waals surface area contributed by atoms with Crippen LogP contribution in [0.4, 0.5) is 19.7 Å². The van der Waals surface area contributed by atoms with Crippen molar-refractivity contribution in [3.8, 4) is 0 Å². The molecular weight excluding hydrogens is 398 g/mol. The number of hydrogen-bond acceptors (Lipinski definition) is 6. The van der Waals surface area contributed by atoms with Gasteiger partial charge in [0, 0.05) is 28.6 Å². The van der Waals surface area contributed by atoms with Gasteiger partial charge < -0.3 is 10.6 Å². The number of nitrogens with two attached hydrogens (primary N) is 1. The summed E-state index contributed by atoms with van der Waals surface area (Å²) in [6.07, 6.45) is 8.88. The number of thiol groups is 1. The van der Waals surface area contributed by atoms with Crippen LogP contribution >= 0.6 is 35.6 Å². The van der Waals surface area contributed by atoms with Gasteiger partial charge in [-0.3, -0.25) is 0 Å². The van der Waals surface area contributed by atoms with Crippen molar-refractivity contribution in [3.05, 3.63) is 34.5 Å². The van der Waals surface area contributed by atoms with Crippen LogP contribution in [0, 0.1) is 5.82 Å². The minimum absolute atomic E-state index is 0.0917. The Labute approximate surface area is 168 Å². The van der Waals surface area contributed by atoms with Crippen LogP contribution in [-0.2, 0) is 0 Å². The number of nitrogens with zero attached hydrogens (tertiary/aromatic N) is 2. The summed E-state index contributed by atoms with van der Waals surface area (Å²) in [6, 6.07) is 3.05. The first-order valence-electron chi connectivity index (χ1n) is 8.21. The van der Waals surface area contributed by atoms with E-state index in [2.05, 4.69) is 36.6 Å². The number of nitrogen functional groups attached to an aromatic ring is 1. The van der Waals surface area contributed by atoms with E-state index in [9.17, 15) is 8.87 Å². The Morgan fingerprint density at radius 2 is 1.96 bits per heavy atom. The van der Waals surface area contributed by atoms with Crippen molar-refractivity contribution in [1.82, 2.24) is 9.88 Å². The first-order chi connectivity index (χ1) is 12.3. The zero-order valence-corrected chi connectivity index (χ0v) is 17.4. The summed E-state index contributed by atoms with van der Waals surface area (Å²) in [5, 5.41) is 2.57. The second-order valence-corrected chi connectivity index (χ2v) is 7.82. The van der Waals surface area contributed by atoms with Gasteiger partial charge in [0.05, 0.1) is 10.7 Å². The fourth-order valence-corrected chi connectivity index (χ4v) is 3.29. The van der Waals surface area contributed by atoms with Crippen LogP contribution in [-0.4, -0.2) is 30.0 Å². The average Bonchev–Trinajstić information content (AvgIpc) is 3.11. The number of anilines is 2. The molecule has 146 valence electrons. The standard InChI is InChI=1S/C8H17N.C6H4ClF2NS.C3H4N2S/c1-9(2)8-6-4-3-5-7-8;7-3-1-6(11)4(8)2-5(3)10-9;4-3-5-1-2-6-3/h8H,3-7H2,1-2H3;1-2,10-11H;1-2H,(H2,4,5). The predicted octanol–water partition coefficient (Wildman–Crippen LogP) is 5.67. The molecule has 2 aromatic rings. The van der Waals surface area contributed by atoms with E-state index < -0.39 is 5.82 Å². The number of hydrogen-bond donors (Lipinski definition) is 3. The molecule has 1 fully saturated rings. The molecule has 0 saturated heterocycles. The molecule has 9 heteroatoms. The van der Waals surface area contributed by atoms with E-state index >= 15 is 0 Å². The maximum atomic E-state index is 12.6. The van der Waals surface area contributed by atoms with Crippen LogP contribution in [0.15, 0.2) is 28.6 Å². The van der Waals surface area contributed by atoms with Crippen molar-refractivity contribution in [3.63, 3.8) is 0 Å². The van der Waals surface area contributed by atoms with Gasteiger partial charge in [0.25, 0.3) is 0 Å². The Hall–Kier alpha value is -1.09. The lowest BCUT2D eigenvalue weighted by atomic mass is 9.95. The molecule has 4 nitrogen and oxygen atoms in total. The largest absolute Gasteiger partial charge is 0.375 e. The molecule has 1 aromatic carbocycles. The summed E-state index contributed by atoms with van der Waals surface area (Å²) < 4.78 is 24.4. The average molecular weight is 423 g/mol. The van der Waals surface area contributed by atoms with Gasteiger partial charge >= 0.3 is 0 Å². The molecule has 1 aromatic heterocycles. The third kappa shape index (κ3) is 8.53. The van der Waals surface area contributed by atoms with Crippen molar-refractivity contribution < 1.29 is 8.87 Å². The van der Waals surface area contributed by atoms with E-state index in [-0.39, 0.29) is 15.6 Å². The summed E-state index contributed by atoms with van der Waals surface area (Å²) in [5.74, 6) is -0.613. The first-order valence-corrected chi connectivity index (χ1v) is 9.91. The maximum Gasteiger partial charge on any atom is 0.179 e. The predicted molar refractivity (Wildman–Crippen MR) is 110 cm³/mol. The SMILES string of the molecule is CN(C)C1CCCCC1.FNc1cc(F)c(S)cc1Cl.Nc1nccs1. The normalized spacial score (nSPS) is 14.1. The van der Waals surface area contributed by atoms with Crippen LogP contribution in [0.1, 0.15) is 32.1 Å². The minimum Gasteiger partial charge on any atom is -0.375 e. The molecule has 0 amide bonds. The maximum absolute atomic E-state index is 12.6. The van der Waals surface area contributed by atoms with Gasteiger partial charge in [0.15, 0.2) is 5.13 Å².